The molecule has 0 radical (unpaired) electrons. The molecule has 0 spiro atoms. The number of hydrogen-bond acceptors (Lipinski definition) is 2. The molecule has 0 aromatic heterocycles. The number of rotatable bonds is 3. The number of thiol groups is 1. The van der Waals surface area contributed by atoms with Gasteiger partial charge in [-0.1, -0.05) is 36.4 Å². The second-order valence-electron chi connectivity index (χ2n) is 2.67. The minimum atomic E-state index is 0.463. The Labute approximate surface area is 84.1 Å². The van der Waals surface area contributed by atoms with Crippen LogP contribution < -0.4 is 0 Å². The zero-order valence-corrected chi connectivity index (χ0v) is 8.17. The molecule has 1 aromatic rings. The molecule has 0 aliphatic rings. The van der Waals surface area contributed by atoms with E-state index < -0.39 is 0 Å². The van der Waals surface area contributed by atoms with Crippen LogP contribution in [0.1, 0.15) is 17.5 Å². The maximum absolute atomic E-state index is 8.33. The topological polar surface area (TPSA) is 23.8 Å². The third-order valence-corrected chi connectivity index (χ3v) is 2.02. The molecule has 0 unspecified atom stereocenters. The van der Waals surface area contributed by atoms with Crippen molar-refractivity contribution in [3.63, 3.8) is 0 Å². The molecule has 66 valence electrons. The third kappa shape index (κ3) is 3.35. The molecule has 0 N–H and O–H groups in total. The number of nitrogens with zero attached hydrogens (tertiary/aromatic N) is 1. The van der Waals surface area contributed by atoms with Crippen LogP contribution in [0.3, 0.4) is 0 Å². The van der Waals surface area contributed by atoms with Crippen molar-refractivity contribution < 1.29 is 0 Å². The maximum atomic E-state index is 8.33. The highest BCUT2D eigenvalue weighted by atomic mass is 32.1. The Morgan fingerprint density at radius 1 is 1.46 bits per heavy atom. The molecule has 13 heavy (non-hydrogen) atoms. The SMILES string of the molecule is N#CCC=Cc1cccc(CS)c1. The lowest BCUT2D eigenvalue weighted by Crippen LogP contribution is -1.78. The Hall–Kier alpha value is -1.20. The second kappa shape index (κ2) is 5.45. The van der Waals surface area contributed by atoms with Crippen LogP contribution in [0.5, 0.6) is 0 Å². The van der Waals surface area contributed by atoms with Crippen molar-refractivity contribution >= 4 is 18.7 Å². The Kier molecular flexibility index (Phi) is 4.14. The standard InChI is InChI=1S/C11H11NS/c12-7-2-1-4-10-5-3-6-11(8-10)9-13/h1,3-6,8,13H,2,9H2. The van der Waals surface area contributed by atoms with Gasteiger partial charge in [-0.3, -0.25) is 0 Å². The largest absolute Gasteiger partial charge is 0.198 e. The first-order chi connectivity index (χ1) is 6.36. The zero-order valence-electron chi connectivity index (χ0n) is 7.27. The quantitative estimate of drug-likeness (QED) is 0.726. The van der Waals surface area contributed by atoms with Crippen LogP contribution in [0.2, 0.25) is 0 Å². The summed E-state index contributed by atoms with van der Waals surface area (Å²) in [5.41, 5.74) is 2.32. The van der Waals surface area contributed by atoms with Gasteiger partial charge < -0.3 is 0 Å². The van der Waals surface area contributed by atoms with Gasteiger partial charge in [-0.15, -0.1) is 0 Å². The number of allylic oxidation sites excluding steroid dienone is 1. The van der Waals surface area contributed by atoms with Crippen molar-refractivity contribution in [2.45, 2.75) is 12.2 Å². The first-order valence-electron chi connectivity index (χ1n) is 4.10. The van der Waals surface area contributed by atoms with Gasteiger partial charge in [-0.2, -0.15) is 17.9 Å². The summed E-state index contributed by atoms with van der Waals surface area (Å²) in [5, 5.41) is 8.33. The highest BCUT2D eigenvalue weighted by molar-refractivity contribution is 7.79. The molecule has 0 saturated heterocycles. The Morgan fingerprint density at radius 2 is 2.31 bits per heavy atom. The lowest BCUT2D eigenvalue weighted by Gasteiger charge is -1.96. The van der Waals surface area contributed by atoms with E-state index in [0.717, 1.165) is 11.3 Å². The fraction of sp³-hybridized carbons (Fsp3) is 0.182. The third-order valence-electron chi connectivity index (χ3n) is 1.65. The summed E-state index contributed by atoms with van der Waals surface area (Å²) < 4.78 is 0. The number of hydrogen-bond donors (Lipinski definition) is 1. The molecule has 0 bridgehead atoms. The molecule has 0 fully saturated rings. The lowest BCUT2D eigenvalue weighted by molar-refractivity contribution is 1.36. The summed E-state index contributed by atoms with van der Waals surface area (Å²) in [4.78, 5) is 0. The van der Waals surface area contributed by atoms with Crippen molar-refractivity contribution in [2.75, 3.05) is 0 Å². The van der Waals surface area contributed by atoms with Gasteiger partial charge in [-0.25, -0.2) is 0 Å². The summed E-state index contributed by atoms with van der Waals surface area (Å²) in [6.07, 6.45) is 4.28. The van der Waals surface area contributed by atoms with Crippen LogP contribution in [-0.4, -0.2) is 0 Å². The maximum Gasteiger partial charge on any atom is 0.0663 e. The molecule has 0 saturated carbocycles. The predicted octanol–water partition coefficient (Wildman–Crippen LogP) is 3.04. The van der Waals surface area contributed by atoms with E-state index in [1.54, 1.807) is 0 Å². The molecular formula is C11H11NS. The van der Waals surface area contributed by atoms with Gasteiger partial charge in [0.2, 0.25) is 0 Å². The van der Waals surface area contributed by atoms with Crippen LogP contribution in [0.4, 0.5) is 0 Å². The van der Waals surface area contributed by atoms with E-state index in [1.807, 2.05) is 30.4 Å². The van der Waals surface area contributed by atoms with Gasteiger partial charge in [-0.05, 0) is 11.1 Å². The average Bonchev–Trinajstić information content (AvgIpc) is 2.19. The van der Waals surface area contributed by atoms with Gasteiger partial charge in [0.05, 0.1) is 12.5 Å². The van der Waals surface area contributed by atoms with Crippen molar-refractivity contribution in [1.29, 1.82) is 5.26 Å². The molecule has 0 amide bonds. The molecule has 0 heterocycles. The zero-order chi connectivity index (χ0) is 9.52. The van der Waals surface area contributed by atoms with E-state index >= 15 is 0 Å². The first kappa shape index (κ1) is 9.88. The van der Waals surface area contributed by atoms with Gasteiger partial charge in [0.15, 0.2) is 0 Å². The summed E-state index contributed by atoms with van der Waals surface area (Å²) in [7, 11) is 0. The van der Waals surface area contributed by atoms with Crippen LogP contribution in [0.25, 0.3) is 6.08 Å². The van der Waals surface area contributed by atoms with E-state index in [1.165, 1.54) is 5.56 Å². The summed E-state index contributed by atoms with van der Waals surface area (Å²) in [6.45, 7) is 0. The van der Waals surface area contributed by atoms with Crippen LogP contribution in [0.15, 0.2) is 30.3 Å². The van der Waals surface area contributed by atoms with Crippen LogP contribution in [-0.2, 0) is 5.75 Å². The summed E-state index contributed by atoms with van der Waals surface area (Å²) in [6, 6.07) is 10.2. The molecule has 1 aromatic carbocycles. The van der Waals surface area contributed by atoms with Crippen molar-refractivity contribution in [3.05, 3.63) is 41.5 Å². The summed E-state index contributed by atoms with van der Waals surface area (Å²) >= 11 is 4.19. The van der Waals surface area contributed by atoms with Gasteiger partial charge in [0.1, 0.15) is 0 Å². The highest BCUT2D eigenvalue weighted by Gasteiger charge is 1.89. The van der Waals surface area contributed by atoms with Gasteiger partial charge >= 0.3 is 0 Å². The minimum Gasteiger partial charge on any atom is -0.198 e. The Morgan fingerprint density at radius 3 is 3.00 bits per heavy atom. The Balaban J connectivity index is 2.73. The Bertz CT molecular complexity index is 336. The molecule has 2 heteroatoms. The molecule has 1 rings (SSSR count). The molecule has 0 aliphatic carbocycles. The monoisotopic (exact) mass is 189 g/mol. The van der Waals surface area contributed by atoms with E-state index in [-0.39, 0.29) is 0 Å². The first-order valence-corrected chi connectivity index (χ1v) is 4.73. The minimum absolute atomic E-state index is 0.463. The fourth-order valence-electron chi connectivity index (χ4n) is 1.04. The van der Waals surface area contributed by atoms with E-state index in [4.69, 9.17) is 5.26 Å². The van der Waals surface area contributed by atoms with Gasteiger partial charge in [0.25, 0.3) is 0 Å². The number of nitriles is 1. The smallest absolute Gasteiger partial charge is 0.0663 e. The van der Waals surface area contributed by atoms with Crippen LogP contribution >= 0.6 is 12.6 Å². The summed E-state index contributed by atoms with van der Waals surface area (Å²) in [5.74, 6) is 0.750. The van der Waals surface area contributed by atoms with Crippen LogP contribution in [0, 0.1) is 11.3 Å². The molecular weight excluding hydrogens is 178 g/mol. The molecule has 0 atom stereocenters. The lowest BCUT2D eigenvalue weighted by atomic mass is 10.1. The normalized spacial score (nSPS) is 10.2. The fourth-order valence-corrected chi connectivity index (χ4v) is 1.24. The van der Waals surface area contributed by atoms with Crippen molar-refractivity contribution in [1.82, 2.24) is 0 Å². The van der Waals surface area contributed by atoms with E-state index in [9.17, 15) is 0 Å². The van der Waals surface area contributed by atoms with Gasteiger partial charge in [0, 0.05) is 5.75 Å². The van der Waals surface area contributed by atoms with E-state index in [0.29, 0.717) is 6.42 Å². The second-order valence-corrected chi connectivity index (χ2v) is 2.98. The van der Waals surface area contributed by atoms with Crippen molar-refractivity contribution in [2.24, 2.45) is 0 Å². The predicted molar refractivity (Wildman–Crippen MR) is 58.4 cm³/mol. The number of benzene rings is 1. The highest BCUT2D eigenvalue weighted by Crippen LogP contribution is 2.09. The van der Waals surface area contributed by atoms with E-state index in [2.05, 4.69) is 24.8 Å². The average molecular weight is 189 g/mol. The molecule has 0 aliphatic heterocycles. The molecule has 1 nitrogen and oxygen atoms in total. The van der Waals surface area contributed by atoms with Crippen molar-refractivity contribution in [3.8, 4) is 6.07 Å².